The highest BCUT2D eigenvalue weighted by Gasteiger charge is 2.24. The lowest BCUT2D eigenvalue weighted by atomic mass is 10.0. The molecule has 0 atom stereocenters. The molecule has 2 aromatic heterocycles. The van der Waals surface area contributed by atoms with Gasteiger partial charge in [0.1, 0.15) is 11.5 Å². The molecule has 0 spiro atoms. The van der Waals surface area contributed by atoms with Crippen molar-refractivity contribution in [2.45, 2.75) is 0 Å². The number of nitrogens with zero attached hydrogens (tertiary/aromatic N) is 3. The quantitative estimate of drug-likeness (QED) is 0.266. The third-order valence-electron chi connectivity index (χ3n) is 6.78. The van der Waals surface area contributed by atoms with E-state index < -0.39 is 0 Å². The van der Waals surface area contributed by atoms with Crippen LogP contribution in [-0.2, 0) is 0 Å². The Balaban J connectivity index is 1.54. The van der Waals surface area contributed by atoms with Crippen LogP contribution in [0.25, 0.3) is 60.7 Å². The van der Waals surface area contributed by atoms with Crippen LogP contribution in [0.15, 0.2) is 103 Å². The molecule has 5 aromatic carbocycles. The summed E-state index contributed by atoms with van der Waals surface area (Å²) in [6.45, 7) is 0. The molecular weight excluding hydrogens is 418 g/mol. The van der Waals surface area contributed by atoms with E-state index in [1.54, 1.807) is 0 Å². The number of ether oxygens (including phenoxy) is 1. The molecule has 7 aromatic rings. The van der Waals surface area contributed by atoms with Gasteiger partial charge in [0, 0.05) is 16.3 Å². The largest absolute Gasteiger partial charge is 0.456 e. The van der Waals surface area contributed by atoms with Gasteiger partial charge in [0.25, 0.3) is 0 Å². The summed E-state index contributed by atoms with van der Waals surface area (Å²) in [5, 5.41) is 5.77. The standard InChI is InChI=1S/C30H17N3O/c1-2-9-19-17-25-22(16-18(19)8-1)20-10-3-5-13-24(20)33(25)30-31-23-12-7-15-27-28(23)29(32-30)21-11-4-6-14-26(21)34-27/h1-17H. The smallest absolute Gasteiger partial charge is 0.235 e. The lowest BCUT2D eigenvalue weighted by Crippen LogP contribution is -2.06. The molecule has 1 aliphatic rings. The minimum absolute atomic E-state index is 0.665. The fraction of sp³-hybridized carbons (Fsp3) is 0. The number of rotatable bonds is 1. The Hall–Kier alpha value is -4.70. The fourth-order valence-electron chi connectivity index (χ4n) is 5.26. The zero-order valence-corrected chi connectivity index (χ0v) is 18.1. The van der Waals surface area contributed by atoms with E-state index in [0.717, 1.165) is 44.7 Å². The molecule has 0 N–H and O–H groups in total. The van der Waals surface area contributed by atoms with Crippen molar-refractivity contribution in [3.8, 4) is 28.7 Å². The first-order chi connectivity index (χ1) is 16.8. The van der Waals surface area contributed by atoms with Crippen LogP contribution in [0.4, 0.5) is 0 Å². The van der Waals surface area contributed by atoms with Gasteiger partial charge in [-0.25, -0.2) is 9.97 Å². The van der Waals surface area contributed by atoms with Crippen molar-refractivity contribution in [3.05, 3.63) is 103 Å². The normalized spacial score (nSPS) is 12.4. The average molecular weight is 435 g/mol. The van der Waals surface area contributed by atoms with Gasteiger partial charge in [-0.05, 0) is 53.2 Å². The van der Waals surface area contributed by atoms with Crippen molar-refractivity contribution < 1.29 is 4.74 Å². The lowest BCUT2D eigenvalue weighted by Gasteiger charge is -2.20. The first kappa shape index (κ1) is 17.8. The van der Waals surface area contributed by atoms with Gasteiger partial charge in [0.2, 0.25) is 5.95 Å². The molecule has 34 heavy (non-hydrogen) atoms. The molecule has 4 nitrogen and oxygen atoms in total. The molecule has 0 aliphatic carbocycles. The van der Waals surface area contributed by atoms with Gasteiger partial charge in [-0.15, -0.1) is 0 Å². The molecule has 158 valence electrons. The van der Waals surface area contributed by atoms with Gasteiger partial charge >= 0.3 is 0 Å². The summed E-state index contributed by atoms with van der Waals surface area (Å²) in [4.78, 5) is 10.2. The van der Waals surface area contributed by atoms with E-state index in [0.29, 0.717) is 5.95 Å². The first-order valence-corrected chi connectivity index (χ1v) is 11.4. The molecule has 0 fully saturated rings. The number of hydrogen-bond donors (Lipinski definition) is 0. The van der Waals surface area contributed by atoms with E-state index in [2.05, 4.69) is 71.3 Å². The first-order valence-electron chi connectivity index (χ1n) is 11.4. The highest BCUT2D eigenvalue weighted by Crippen LogP contribution is 2.45. The monoisotopic (exact) mass is 435 g/mol. The predicted octanol–water partition coefficient (Wildman–Crippen LogP) is 7.65. The second kappa shape index (κ2) is 6.42. The molecule has 0 amide bonds. The zero-order valence-electron chi connectivity index (χ0n) is 18.1. The van der Waals surface area contributed by atoms with Crippen LogP contribution >= 0.6 is 0 Å². The number of para-hydroxylation sites is 2. The van der Waals surface area contributed by atoms with Gasteiger partial charge in [-0.1, -0.05) is 60.7 Å². The van der Waals surface area contributed by atoms with Crippen molar-refractivity contribution in [1.29, 1.82) is 0 Å². The van der Waals surface area contributed by atoms with Crippen LogP contribution in [0, 0.1) is 0 Å². The summed E-state index contributed by atoms with van der Waals surface area (Å²) < 4.78 is 8.37. The maximum atomic E-state index is 6.18. The molecule has 3 heterocycles. The van der Waals surface area contributed by atoms with Crippen molar-refractivity contribution in [3.63, 3.8) is 0 Å². The van der Waals surface area contributed by atoms with E-state index >= 15 is 0 Å². The van der Waals surface area contributed by atoms with E-state index in [-0.39, 0.29) is 0 Å². The SMILES string of the molecule is c1ccc2c(c1)Oc1cccc3nc(-n4c5ccccc5c5cc6ccccc6cc54)nc-2c13. The summed E-state index contributed by atoms with van der Waals surface area (Å²) in [6, 6.07) is 35.6. The lowest BCUT2D eigenvalue weighted by molar-refractivity contribution is 0.486. The number of hydrogen-bond acceptors (Lipinski definition) is 3. The summed E-state index contributed by atoms with van der Waals surface area (Å²) >= 11 is 0. The van der Waals surface area contributed by atoms with E-state index in [1.807, 2.05) is 36.4 Å². The van der Waals surface area contributed by atoms with Gasteiger partial charge in [0.05, 0.1) is 27.6 Å². The number of benzene rings is 5. The topological polar surface area (TPSA) is 39.9 Å². The zero-order chi connectivity index (χ0) is 22.2. The number of fused-ring (bicyclic) bond motifs is 6. The second-order valence-corrected chi connectivity index (χ2v) is 8.69. The van der Waals surface area contributed by atoms with E-state index in [9.17, 15) is 0 Å². The summed E-state index contributed by atoms with van der Waals surface area (Å²) in [5.41, 5.74) is 4.96. The van der Waals surface area contributed by atoms with Gasteiger partial charge < -0.3 is 4.74 Å². The van der Waals surface area contributed by atoms with Gasteiger partial charge in [-0.3, -0.25) is 4.57 Å². The Morgan fingerprint density at radius 1 is 0.588 bits per heavy atom. The molecule has 1 aliphatic heterocycles. The van der Waals surface area contributed by atoms with Crippen molar-refractivity contribution in [2.75, 3.05) is 0 Å². The maximum absolute atomic E-state index is 6.18. The molecule has 8 rings (SSSR count). The molecule has 0 radical (unpaired) electrons. The summed E-state index contributed by atoms with van der Waals surface area (Å²) in [7, 11) is 0. The molecular formula is C30H17N3O. The van der Waals surface area contributed by atoms with Crippen LogP contribution in [0.3, 0.4) is 0 Å². The summed E-state index contributed by atoms with van der Waals surface area (Å²) in [5.74, 6) is 2.28. The Morgan fingerprint density at radius 2 is 1.35 bits per heavy atom. The van der Waals surface area contributed by atoms with E-state index in [4.69, 9.17) is 14.7 Å². The van der Waals surface area contributed by atoms with Crippen LogP contribution in [0.5, 0.6) is 11.5 Å². The Labute approximate surface area is 194 Å². The predicted molar refractivity (Wildman–Crippen MR) is 137 cm³/mol. The molecule has 0 bridgehead atoms. The third-order valence-corrected chi connectivity index (χ3v) is 6.78. The van der Waals surface area contributed by atoms with Crippen LogP contribution in [0.2, 0.25) is 0 Å². The van der Waals surface area contributed by atoms with Gasteiger partial charge in [-0.2, -0.15) is 0 Å². The van der Waals surface area contributed by atoms with Crippen molar-refractivity contribution in [1.82, 2.24) is 14.5 Å². The molecule has 4 heteroatoms. The Kier molecular flexibility index (Phi) is 3.36. The Morgan fingerprint density at radius 3 is 2.29 bits per heavy atom. The van der Waals surface area contributed by atoms with Crippen LogP contribution in [-0.4, -0.2) is 14.5 Å². The van der Waals surface area contributed by atoms with Gasteiger partial charge in [0.15, 0.2) is 0 Å². The van der Waals surface area contributed by atoms with E-state index in [1.165, 1.54) is 21.5 Å². The molecule has 0 unspecified atom stereocenters. The highest BCUT2D eigenvalue weighted by molar-refractivity contribution is 6.13. The third kappa shape index (κ3) is 2.32. The summed E-state index contributed by atoms with van der Waals surface area (Å²) in [6.07, 6.45) is 0. The average Bonchev–Trinajstić information content (AvgIpc) is 3.20. The fourth-order valence-corrected chi connectivity index (χ4v) is 5.26. The van der Waals surface area contributed by atoms with Crippen LogP contribution < -0.4 is 4.74 Å². The highest BCUT2D eigenvalue weighted by atomic mass is 16.5. The molecule has 0 saturated heterocycles. The second-order valence-electron chi connectivity index (χ2n) is 8.69. The van der Waals surface area contributed by atoms with Crippen LogP contribution in [0.1, 0.15) is 0 Å². The van der Waals surface area contributed by atoms with Crippen molar-refractivity contribution >= 4 is 43.5 Å². The minimum atomic E-state index is 0.665. The minimum Gasteiger partial charge on any atom is -0.456 e. The van der Waals surface area contributed by atoms with Crippen molar-refractivity contribution in [2.24, 2.45) is 0 Å². The number of aromatic nitrogens is 3. The maximum Gasteiger partial charge on any atom is 0.235 e. The molecule has 0 saturated carbocycles. The Bertz CT molecular complexity index is 1950.